The van der Waals surface area contributed by atoms with Crippen LogP contribution < -0.4 is 0 Å². The molecule has 15 rings (SSSR count). The number of nitrogens with zero attached hydrogens (tertiary/aromatic N) is 3. The Morgan fingerprint density at radius 2 is 1.01 bits per heavy atom. The smallest absolute Gasteiger partial charge is 0.167 e. The van der Waals surface area contributed by atoms with E-state index in [1.165, 1.54) is 74.9 Å². The van der Waals surface area contributed by atoms with Crippen molar-refractivity contribution in [2.24, 2.45) is 0 Å². The Labute approximate surface area is 406 Å². The van der Waals surface area contributed by atoms with Crippen LogP contribution in [0.2, 0.25) is 0 Å². The third-order valence-corrected chi connectivity index (χ3v) is 15.7. The van der Waals surface area contributed by atoms with Crippen molar-refractivity contribution in [2.75, 3.05) is 0 Å². The molecule has 0 bridgehead atoms. The van der Waals surface area contributed by atoms with Crippen LogP contribution in [0.4, 0.5) is 0 Å². The van der Waals surface area contributed by atoms with Gasteiger partial charge in [0.15, 0.2) is 17.5 Å². The van der Waals surface area contributed by atoms with Crippen molar-refractivity contribution in [3.05, 3.63) is 235 Å². The van der Waals surface area contributed by atoms with Gasteiger partial charge in [0, 0.05) is 48.0 Å². The standard InChI is InChI=1S/C65H39N3OS/c1-2-13-39(14-3-1)41-20-12-21-46(32-41)63-66-64(47-26-28-60-54(36-47)49-23-10-11-24-59(49)70-60)68-65(67-63)57-31-38(30-56-53-34-43-17-6-7-19-45(43)37-58(53)69-62(56)57)29-51-50-27-25-40-15-8-9-22-48(40)61(50)55-35-44-18-5-4-16-42(44)33-52(51)55/h1-28,30-37,51H,29H2. The summed E-state index contributed by atoms with van der Waals surface area (Å²) in [7, 11) is 0. The molecule has 3 aromatic heterocycles. The Kier molecular flexibility index (Phi) is 8.62. The van der Waals surface area contributed by atoms with E-state index >= 15 is 0 Å². The fraction of sp³-hybridized carbons (Fsp3) is 0.0308. The highest BCUT2D eigenvalue weighted by Crippen LogP contribution is 2.51. The monoisotopic (exact) mass is 909 g/mol. The van der Waals surface area contributed by atoms with E-state index in [4.69, 9.17) is 19.4 Å². The van der Waals surface area contributed by atoms with Crippen LogP contribution in [0.25, 0.3) is 131 Å². The van der Waals surface area contributed by atoms with Gasteiger partial charge in [0.2, 0.25) is 0 Å². The van der Waals surface area contributed by atoms with E-state index in [1.807, 2.05) is 11.3 Å². The topological polar surface area (TPSA) is 51.8 Å². The molecule has 0 radical (unpaired) electrons. The van der Waals surface area contributed by atoms with Crippen LogP contribution in [0.15, 0.2) is 223 Å². The first-order valence-corrected chi connectivity index (χ1v) is 24.7. The molecular formula is C65H39N3OS. The van der Waals surface area contributed by atoms with E-state index < -0.39 is 0 Å². The molecule has 0 amide bonds. The molecule has 14 aromatic rings. The van der Waals surface area contributed by atoms with Gasteiger partial charge in [-0.2, -0.15) is 0 Å². The Morgan fingerprint density at radius 3 is 1.84 bits per heavy atom. The van der Waals surface area contributed by atoms with Gasteiger partial charge in [-0.3, -0.25) is 0 Å². The third-order valence-electron chi connectivity index (χ3n) is 14.6. The quantitative estimate of drug-likeness (QED) is 0.167. The summed E-state index contributed by atoms with van der Waals surface area (Å²) in [4.78, 5) is 16.2. The fourth-order valence-corrected chi connectivity index (χ4v) is 12.3. The second-order valence-electron chi connectivity index (χ2n) is 18.7. The Bertz CT molecular complexity index is 4470. The van der Waals surface area contributed by atoms with Gasteiger partial charge in [-0.1, -0.05) is 152 Å². The van der Waals surface area contributed by atoms with Crippen LogP contribution in [0.1, 0.15) is 22.6 Å². The van der Waals surface area contributed by atoms with Crippen molar-refractivity contribution < 1.29 is 4.42 Å². The van der Waals surface area contributed by atoms with Crippen molar-refractivity contribution in [3.8, 4) is 56.4 Å². The molecule has 1 aliphatic carbocycles. The summed E-state index contributed by atoms with van der Waals surface area (Å²) in [5.74, 6) is 1.90. The number of aromatic nitrogens is 3. The van der Waals surface area contributed by atoms with Gasteiger partial charge >= 0.3 is 0 Å². The lowest BCUT2D eigenvalue weighted by molar-refractivity contribution is 0.669. The van der Waals surface area contributed by atoms with Crippen molar-refractivity contribution in [1.82, 2.24) is 15.0 Å². The van der Waals surface area contributed by atoms with E-state index in [0.29, 0.717) is 17.5 Å². The summed E-state index contributed by atoms with van der Waals surface area (Å²) in [6.07, 6.45) is 0.770. The summed E-state index contributed by atoms with van der Waals surface area (Å²) in [5, 5.41) is 11.9. The molecule has 0 saturated heterocycles. The molecule has 1 aliphatic rings. The molecule has 3 heterocycles. The molecule has 0 N–H and O–H groups in total. The number of furan rings is 1. The Hall–Kier alpha value is -8.77. The molecule has 70 heavy (non-hydrogen) atoms. The molecule has 0 aliphatic heterocycles. The number of hydrogen-bond acceptors (Lipinski definition) is 5. The van der Waals surface area contributed by atoms with Crippen molar-refractivity contribution in [3.63, 3.8) is 0 Å². The van der Waals surface area contributed by atoms with E-state index in [-0.39, 0.29) is 5.92 Å². The first-order valence-electron chi connectivity index (χ1n) is 23.9. The van der Waals surface area contributed by atoms with Crippen LogP contribution in [0, 0.1) is 0 Å². The van der Waals surface area contributed by atoms with Crippen LogP contribution >= 0.6 is 11.3 Å². The number of hydrogen-bond donors (Lipinski definition) is 0. The number of rotatable bonds is 6. The minimum atomic E-state index is 0.112. The molecular weight excluding hydrogens is 871 g/mol. The zero-order valence-corrected chi connectivity index (χ0v) is 38.5. The second kappa shape index (κ2) is 15.4. The minimum Gasteiger partial charge on any atom is -0.455 e. The molecule has 326 valence electrons. The molecule has 0 fully saturated rings. The van der Waals surface area contributed by atoms with Crippen LogP contribution in [-0.2, 0) is 6.42 Å². The SMILES string of the molecule is c1ccc(-c2cccc(-c3nc(-c4ccc5sc6ccccc6c5c4)nc(-c4cc(CC5c6cc7ccccc7cc6-c6c5ccc5ccccc65)cc5c4oc4cc6ccccc6cc45)n3)c2)cc1. The lowest BCUT2D eigenvalue weighted by Gasteiger charge is -2.16. The molecule has 4 nitrogen and oxygen atoms in total. The Balaban J connectivity index is 0.976. The second-order valence-corrected chi connectivity index (χ2v) is 19.8. The first kappa shape index (κ1) is 39.2. The maximum absolute atomic E-state index is 7.04. The zero-order chi connectivity index (χ0) is 45.9. The summed E-state index contributed by atoms with van der Waals surface area (Å²) < 4.78 is 9.54. The normalized spacial score (nSPS) is 13.3. The molecule has 1 unspecified atom stereocenters. The first-order chi connectivity index (χ1) is 34.6. The number of benzene rings is 11. The average molecular weight is 910 g/mol. The molecule has 5 heteroatoms. The predicted molar refractivity (Wildman–Crippen MR) is 292 cm³/mol. The van der Waals surface area contributed by atoms with E-state index in [0.717, 1.165) is 61.6 Å². The van der Waals surface area contributed by atoms with Crippen molar-refractivity contribution >= 4 is 85.8 Å². The number of fused-ring (bicyclic) bond motifs is 13. The van der Waals surface area contributed by atoms with E-state index in [2.05, 4.69) is 218 Å². The highest BCUT2D eigenvalue weighted by molar-refractivity contribution is 7.25. The highest BCUT2D eigenvalue weighted by Gasteiger charge is 2.32. The van der Waals surface area contributed by atoms with Gasteiger partial charge in [0.05, 0.1) is 5.56 Å². The zero-order valence-electron chi connectivity index (χ0n) is 37.7. The summed E-state index contributed by atoms with van der Waals surface area (Å²) in [6.45, 7) is 0. The summed E-state index contributed by atoms with van der Waals surface area (Å²) >= 11 is 1.81. The van der Waals surface area contributed by atoms with Crippen molar-refractivity contribution in [1.29, 1.82) is 0 Å². The Morgan fingerprint density at radius 1 is 0.371 bits per heavy atom. The van der Waals surface area contributed by atoms with Crippen LogP contribution in [-0.4, -0.2) is 15.0 Å². The van der Waals surface area contributed by atoms with Gasteiger partial charge in [-0.05, 0) is 144 Å². The highest BCUT2D eigenvalue weighted by atomic mass is 32.1. The summed E-state index contributed by atoms with van der Waals surface area (Å²) in [5.41, 5.74) is 13.1. The average Bonchev–Trinajstić information content (AvgIpc) is 4.08. The number of thiophene rings is 1. The predicted octanol–water partition coefficient (Wildman–Crippen LogP) is 17.6. The van der Waals surface area contributed by atoms with Crippen LogP contribution in [0.5, 0.6) is 0 Å². The minimum absolute atomic E-state index is 0.112. The molecule has 1 atom stereocenters. The maximum atomic E-state index is 7.04. The fourth-order valence-electron chi connectivity index (χ4n) is 11.3. The van der Waals surface area contributed by atoms with Gasteiger partial charge in [0.1, 0.15) is 11.2 Å². The largest absolute Gasteiger partial charge is 0.455 e. The summed E-state index contributed by atoms with van der Waals surface area (Å²) in [6, 6.07) is 79.0. The lowest BCUT2D eigenvalue weighted by Crippen LogP contribution is -2.04. The van der Waals surface area contributed by atoms with Crippen molar-refractivity contribution in [2.45, 2.75) is 12.3 Å². The third kappa shape index (κ3) is 6.25. The van der Waals surface area contributed by atoms with Crippen LogP contribution in [0.3, 0.4) is 0 Å². The molecule has 11 aromatic carbocycles. The molecule has 0 spiro atoms. The maximum Gasteiger partial charge on any atom is 0.167 e. The van der Waals surface area contributed by atoms with Gasteiger partial charge in [0.25, 0.3) is 0 Å². The molecule has 0 saturated carbocycles. The van der Waals surface area contributed by atoms with E-state index in [9.17, 15) is 0 Å². The lowest BCUT2D eigenvalue weighted by atomic mass is 9.87. The van der Waals surface area contributed by atoms with Gasteiger partial charge in [-0.25, -0.2) is 15.0 Å². The van der Waals surface area contributed by atoms with Gasteiger partial charge in [-0.15, -0.1) is 11.3 Å². The van der Waals surface area contributed by atoms with E-state index in [1.54, 1.807) is 0 Å². The van der Waals surface area contributed by atoms with Gasteiger partial charge < -0.3 is 4.42 Å².